The Morgan fingerprint density at radius 1 is 1.31 bits per heavy atom. The highest BCUT2D eigenvalue weighted by Gasteiger charge is 2.25. The molecule has 0 saturated heterocycles. The van der Waals surface area contributed by atoms with Crippen LogP contribution < -0.4 is 0 Å². The Bertz CT molecular complexity index is 525. The van der Waals surface area contributed by atoms with Crippen molar-refractivity contribution in [3.05, 3.63) is 53.6 Å². The first-order valence-corrected chi connectivity index (χ1v) is 5.42. The minimum Gasteiger partial charge on any atom is -0.506 e. The average Bonchev–Trinajstić information content (AvgIpc) is 2.72. The van der Waals surface area contributed by atoms with Crippen LogP contribution in [0, 0.1) is 0 Å². The van der Waals surface area contributed by atoms with E-state index in [2.05, 4.69) is 16.0 Å². The minimum atomic E-state index is 0.224. The highest BCUT2D eigenvalue weighted by atomic mass is 16.3. The van der Waals surface area contributed by atoms with Crippen LogP contribution in [0.4, 0.5) is 0 Å². The second-order valence-corrected chi connectivity index (χ2v) is 4.12. The van der Waals surface area contributed by atoms with Crippen molar-refractivity contribution >= 4 is 0 Å². The summed E-state index contributed by atoms with van der Waals surface area (Å²) in [4.78, 5) is 8.46. The van der Waals surface area contributed by atoms with Crippen LogP contribution in [0.25, 0.3) is 0 Å². The second kappa shape index (κ2) is 3.59. The molecule has 2 heterocycles. The summed E-state index contributed by atoms with van der Waals surface area (Å²) < 4.78 is 0. The van der Waals surface area contributed by atoms with Crippen LogP contribution in [0.1, 0.15) is 29.2 Å². The summed E-state index contributed by atoms with van der Waals surface area (Å²) in [5.41, 5.74) is 3.50. The molecule has 1 atom stereocenters. The summed E-state index contributed by atoms with van der Waals surface area (Å²) in [6.07, 6.45) is 7.21. The average molecular weight is 212 g/mol. The van der Waals surface area contributed by atoms with E-state index in [1.807, 2.05) is 18.5 Å². The zero-order valence-corrected chi connectivity index (χ0v) is 8.80. The van der Waals surface area contributed by atoms with Gasteiger partial charge >= 0.3 is 0 Å². The molecule has 2 aromatic heterocycles. The van der Waals surface area contributed by atoms with Crippen LogP contribution in [0.3, 0.4) is 0 Å². The number of aromatic hydroxyl groups is 1. The van der Waals surface area contributed by atoms with Crippen LogP contribution in [0.15, 0.2) is 36.8 Å². The van der Waals surface area contributed by atoms with Gasteiger partial charge in [-0.25, -0.2) is 0 Å². The van der Waals surface area contributed by atoms with Crippen LogP contribution in [-0.4, -0.2) is 15.1 Å². The molecule has 80 valence electrons. The number of nitrogens with zero attached hydrogens (tertiary/aromatic N) is 2. The third kappa shape index (κ3) is 1.45. The smallest absolute Gasteiger partial charge is 0.134 e. The number of fused-ring (bicyclic) bond motifs is 1. The highest BCUT2D eigenvalue weighted by molar-refractivity contribution is 5.38. The Hall–Kier alpha value is -1.90. The highest BCUT2D eigenvalue weighted by Crippen LogP contribution is 2.36. The van der Waals surface area contributed by atoms with Gasteiger partial charge in [-0.3, -0.25) is 9.97 Å². The Morgan fingerprint density at radius 3 is 3.12 bits per heavy atom. The van der Waals surface area contributed by atoms with Crippen molar-refractivity contribution in [1.29, 1.82) is 0 Å². The number of aromatic nitrogens is 2. The molecule has 1 N–H and O–H groups in total. The van der Waals surface area contributed by atoms with Gasteiger partial charge in [0.05, 0.1) is 11.9 Å². The van der Waals surface area contributed by atoms with E-state index in [0.29, 0.717) is 0 Å². The molecule has 0 spiro atoms. The summed E-state index contributed by atoms with van der Waals surface area (Å²) in [5, 5.41) is 9.44. The van der Waals surface area contributed by atoms with E-state index in [4.69, 9.17) is 0 Å². The number of aryl methyl sites for hydroxylation is 1. The van der Waals surface area contributed by atoms with E-state index in [1.54, 1.807) is 6.07 Å². The molecule has 0 radical (unpaired) electrons. The predicted molar refractivity (Wildman–Crippen MR) is 60.3 cm³/mol. The minimum absolute atomic E-state index is 0.224. The molecule has 1 unspecified atom stereocenters. The summed E-state index contributed by atoms with van der Waals surface area (Å²) in [5.74, 6) is 0.512. The van der Waals surface area contributed by atoms with Crippen molar-refractivity contribution in [3.63, 3.8) is 0 Å². The van der Waals surface area contributed by atoms with Gasteiger partial charge in [0.25, 0.3) is 0 Å². The zero-order chi connectivity index (χ0) is 11.0. The number of hydrogen-bond acceptors (Lipinski definition) is 3. The lowest BCUT2D eigenvalue weighted by Crippen LogP contribution is -1.98. The second-order valence-electron chi connectivity index (χ2n) is 4.12. The van der Waals surface area contributed by atoms with Gasteiger partial charge in [-0.2, -0.15) is 0 Å². The van der Waals surface area contributed by atoms with Crippen molar-refractivity contribution < 1.29 is 5.11 Å². The number of pyridine rings is 2. The maximum absolute atomic E-state index is 9.44. The van der Waals surface area contributed by atoms with E-state index >= 15 is 0 Å². The van der Waals surface area contributed by atoms with E-state index < -0.39 is 0 Å². The SMILES string of the molecule is Oc1cncc(C2CCc3cccnc32)c1. The van der Waals surface area contributed by atoms with Gasteiger partial charge in [-0.15, -0.1) is 0 Å². The molecule has 3 rings (SSSR count). The lowest BCUT2D eigenvalue weighted by molar-refractivity contribution is 0.471. The van der Waals surface area contributed by atoms with E-state index in [0.717, 1.165) is 24.1 Å². The Balaban J connectivity index is 2.05. The summed E-state index contributed by atoms with van der Waals surface area (Å²) in [7, 11) is 0. The standard InChI is InChI=1S/C13H12N2O/c16-11-6-10(7-14-8-11)12-4-3-9-2-1-5-15-13(9)12/h1-2,5-8,12,16H,3-4H2. The Morgan fingerprint density at radius 2 is 2.25 bits per heavy atom. The van der Waals surface area contributed by atoms with Crippen LogP contribution in [0.2, 0.25) is 0 Å². The molecule has 0 aliphatic heterocycles. The molecule has 1 aliphatic carbocycles. The summed E-state index contributed by atoms with van der Waals surface area (Å²) in [6, 6.07) is 5.88. The predicted octanol–water partition coefficient (Wildman–Crippen LogP) is 2.26. The molecule has 0 bridgehead atoms. The van der Waals surface area contributed by atoms with Crippen LogP contribution >= 0.6 is 0 Å². The molecule has 0 amide bonds. The summed E-state index contributed by atoms with van der Waals surface area (Å²) in [6.45, 7) is 0. The third-order valence-corrected chi connectivity index (χ3v) is 3.11. The molecule has 2 aromatic rings. The lowest BCUT2D eigenvalue weighted by Gasteiger charge is -2.10. The molecular weight excluding hydrogens is 200 g/mol. The first-order chi connectivity index (χ1) is 7.84. The normalized spacial score (nSPS) is 18.4. The van der Waals surface area contributed by atoms with Gasteiger partial charge in [0.1, 0.15) is 5.75 Å². The Labute approximate surface area is 93.8 Å². The van der Waals surface area contributed by atoms with Gasteiger partial charge in [-0.05, 0) is 36.1 Å². The van der Waals surface area contributed by atoms with Gasteiger partial charge in [0, 0.05) is 18.3 Å². The van der Waals surface area contributed by atoms with E-state index in [1.165, 1.54) is 11.8 Å². The van der Waals surface area contributed by atoms with Crippen molar-refractivity contribution in [2.24, 2.45) is 0 Å². The topological polar surface area (TPSA) is 46.0 Å². The zero-order valence-electron chi connectivity index (χ0n) is 8.80. The van der Waals surface area contributed by atoms with Crippen molar-refractivity contribution in [2.45, 2.75) is 18.8 Å². The maximum atomic E-state index is 9.44. The van der Waals surface area contributed by atoms with Gasteiger partial charge in [0.2, 0.25) is 0 Å². The van der Waals surface area contributed by atoms with Gasteiger partial charge in [-0.1, -0.05) is 6.07 Å². The lowest BCUT2D eigenvalue weighted by atomic mass is 9.98. The fourth-order valence-corrected chi connectivity index (χ4v) is 2.37. The maximum Gasteiger partial charge on any atom is 0.134 e. The quantitative estimate of drug-likeness (QED) is 0.788. The molecule has 1 aliphatic rings. The van der Waals surface area contributed by atoms with Gasteiger partial charge < -0.3 is 5.11 Å². The molecule has 3 heteroatoms. The van der Waals surface area contributed by atoms with Crippen LogP contribution in [-0.2, 0) is 6.42 Å². The number of hydrogen-bond donors (Lipinski definition) is 1. The molecule has 16 heavy (non-hydrogen) atoms. The van der Waals surface area contributed by atoms with E-state index in [9.17, 15) is 5.11 Å². The summed E-state index contributed by atoms with van der Waals surface area (Å²) >= 11 is 0. The molecule has 3 nitrogen and oxygen atoms in total. The molecule has 0 fully saturated rings. The monoisotopic (exact) mass is 212 g/mol. The van der Waals surface area contributed by atoms with Crippen molar-refractivity contribution in [2.75, 3.05) is 0 Å². The van der Waals surface area contributed by atoms with E-state index in [-0.39, 0.29) is 11.7 Å². The first kappa shape index (κ1) is 9.33. The molecular formula is C13H12N2O. The number of rotatable bonds is 1. The fourth-order valence-electron chi connectivity index (χ4n) is 2.37. The first-order valence-electron chi connectivity index (χ1n) is 5.42. The van der Waals surface area contributed by atoms with Gasteiger partial charge in [0.15, 0.2) is 0 Å². The Kier molecular flexibility index (Phi) is 2.10. The fraction of sp³-hybridized carbons (Fsp3) is 0.231. The largest absolute Gasteiger partial charge is 0.506 e. The molecule has 0 aromatic carbocycles. The van der Waals surface area contributed by atoms with Crippen molar-refractivity contribution in [1.82, 2.24) is 9.97 Å². The third-order valence-electron chi connectivity index (χ3n) is 3.11. The molecule has 0 saturated carbocycles. The van der Waals surface area contributed by atoms with Crippen LogP contribution in [0.5, 0.6) is 5.75 Å². The van der Waals surface area contributed by atoms with Crippen molar-refractivity contribution in [3.8, 4) is 5.75 Å².